The Morgan fingerprint density at radius 2 is 1.71 bits per heavy atom. The van der Waals surface area contributed by atoms with Gasteiger partial charge in [0.05, 0.1) is 0 Å². The van der Waals surface area contributed by atoms with E-state index in [9.17, 15) is 18.0 Å². The second-order valence-electron chi connectivity index (χ2n) is 7.67. The molecule has 0 aromatic heterocycles. The summed E-state index contributed by atoms with van der Waals surface area (Å²) in [6.45, 7) is 2.75. The van der Waals surface area contributed by atoms with Crippen molar-refractivity contribution in [2.24, 2.45) is 5.92 Å². The first-order valence-electron chi connectivity index (χ1n) is 9.67. The monoisotopic (exact) mass is 398 g/mol. The van der Waals surface area contributed by atoms with Crippen LogP contribution in [0.25, 0.3) is 0 Å². The van der Waals surface area contributed by atoms with Crippen molar-refractivity contribution in [1.82, 2.24) is 10.2 Å². The number of carbonyl (C=O) groups is 2. The summed E-state index contributed by atoms with van der Waals surface area (Å²) in [5.74, 6) is -1.55. The van der Waals surface area contributed by atoms with Gasteiger partial charge in [-0.25, -0.2) is 4.79 Å². The number of hydrogen-bond donors (Lipinski definition) is 2. The number of likely N-dealkylation sites (tertiary alicyclic amines) is 1. The summed E-state index contributed by atoms with van der Waals surface area (Å²) in [7, 11) is 0. The smallest absolute Gasteiger partial charge is 0.475 e. The van der Waals surface area contributed by atoms with E-state index < -0.39 is 12.1 Å². The van der Waals surface area contributed by atoms with Crippen molar-refractivity contribution in [2.75, 3.05) is 13.1 Å². The number of aliphatic carboxylic acids is 1. The van der Waals surface area contributed by atoms with E-state index in [2.05, 4.69) is 34.5 Å². The lowest BCUT2D eigenvalue weighted by Gasteiger charge is -2.28. The van der Waals surface area contributed by atoms with E-state index in [1.807, 2.05) is 0 Å². The second-order valence-corrected chi connectivity index (χ2v) is 7.67. The SMILES string of the molecule is O=C(C1CCCCC1)N1C[C@@H]2NCc3ccccc3[C@@H]2C1.O=C(O)C(F)(F)F. The molecular formula is C20H25F3N2O3. The van der Waals surface area contributed by atoms with Gasteiger partial charge in [-0.05, 0) is 24.0 Å². The van der Waals surface area contributed by atoms with Crippen LogP contribution in [0.1, 0.15) is 49.1 Å². The zero-order chi connectivity index (χ0) is 20.3. The molecule has 1 aromatic rings. The molecule has 0 spiro atoms. The highest BCUT2D eigenvalue weighted by Gasteiger charge is 2.40. The van der Waals surface area contributed by atoms with E-state index >= 15 is 0 Å². The molecule has 8 heteroatoms. The van der Waals surface area contributed by atoms with Crippen molar-refractivity contribution in [3.63, 3.8) is 0 Å². The molecule has 2 heterocycles. The molecule has 2 atom stereocenters. The molecule has 0 radical (unpaired) electrons. The molecule has 154 valence electrons. The lowest BCUT2D eigenvalue weighted by molar-refractivity contribution is -0.192. The minimum Gasteiger partial charge on any atom is -0.475 e. The number of alkyl halides is 3. The Hall–Kier alpha value is -2.09. The van der Waals surface area contributed by atoms with Gasteiger partial charge in [-0.15, -0.1) is 0 Å². The highest BCUT2D eigenvalue weighted by Crippen LogP contribution is 2.35. The largest absolute Gasteiger partial charge is 0.490 e. The van der Waals surface area contributed by atoms with Crippen molar-refractivity contribution >= 4 is 11.9 Å². The number of nitrogens with one attached hydrogen (secondary N) is 1. The zero-order valence-corrected chi connectivity index (χ0v) is 15.5. The number of halogens is 3. The van der Waals surface area contributed by atoms with Crippen molar-refractivity contribution in [3.05, 3.63) is 35.4 Å². The Kier molecular flexibility index (Phi) is 6.27. The minimum atomic E-state index is -5.08. The van der Waals surface area contributed by atoms with Crippen LogP contribution in [0.2, 0.25) is 0 Å². The number of carboxylic acids is 1. The average Bonchev–Trinajstić information content (AvgIpc) is 3.12. The molecule has 4 rings (SSSR count). The number of rotatable bonds is 1. The van der Waals surface area contributed by atoms with Crippen LogP contribution in [0.3, 0.4) is 0 Å². The van der Waals surface area contributed by atoms with Gasteiger partial charge >= 0.3 is 12.1 Å². The first-order chi connectivity index (χ1) is 13.3. The highest BCUT2D eigenvalue weighted by molar-refractivity contribution is 5.79. The van der Waals surface area contributed by atoms with Gasteiger partial charge in [-0.1, -0.05) is 43.5 Å². The third-order valence-electron chi connectivity index (χ3n) is 5.84. The van der Waals surface area contributed by atoms with Crippen LogP contribution in [-0.4, -0.2) is 47.2 Å². The summed E-state index contributed by atoms with van der Waals surface area (Å²) in [4.78, 5) is 23.8. The Morgan fingerprint density at radius 3 is 2.36 bits per heavy atom. The summed E-state index contributed by atoms with van der Waals surface area (Å²) in [6.07, 6.45) is 0.906. The third kappa shape index (κ3) is 4.66. The Labute approximate surface area is 161 Å². The fourth-order valence-corrected chi connectivity index (χ4v) is 4.41. The van der Waals surface area contributed by atoms with Crippen LogP contribution >= 0.6 is 0 Å². The maximum Gasteiger partial charge on any atom is 0.490 e. The molecule has 2 N–H and O–H groups in total. The molecule has 3 aliphatic rings. The predicted molar refractivity (Wildman–Crippen MR) is 96.7 cm³/mol. The quantitative estimate of drug-likeness (QED) is 0.762. The van der Waals surface area contributed by atoms with E-state index in [4.69, 9.17) is 9.90 Å². The van der Waals surface area contributed by atoms with Crippen LogP contribution < -0.4 is 5.32 Å². The van der Waals surface area contributed by atoms with Crippen molar-refractivity contribution < 1.29 is 27.9 Å². The molecule has 1 saturated heterocycles. The van der Waals surface area contributed by atoms with Gasteiger partial charge in [0, 0.05) is 37.5 Å². The van der Waals surface area contributed by atoms with Gasteiger partial charge < -0.3 is 15.3 Å². The van der Waals surface area contributed by atoms with Gasteiger partial charge in [0.2, 0.25) is 5.91 Å². The van der Waals surface area contributed by atoms with E-state index in [-0.39, 0.29) is 0 Å². The number of benzene rings is 1. The molecule has 1 amide bonds. The number of carboxylic acid groups (broad SMARTS) is 1. The average molecular weight is 398 g/mol. The molecule has 5 nitrogen and oxygen atoms in total. The number of carbonyl (C=O) groups excluding carboxylic acids is 1. The number of nitrogens with zero attached hydrogens (tertiary/aromatic N) is 1. The Bertz CT molecular complexity index is 717. The molecule has 2 fully saturated rings. The van der Waals surface area contributed by atoms with Gasteiger partial charge in [-0.3, -0.25) is 4.79 Å². The summed E-state index contributed by atoms with van der Waals surface area (Å²) in [5, 5.41) is 10.8. The lowest BCUT2D eigenvalue weighted by Crippen LogP contribution is -2.40. The summed E-state index contributed by atoms with van der Waals surface area (Å²) in [5.41, 5.74) is 2.87. The Morgan fingerprint density at radius 1 is 1.07 bits per heavy atom. The maximum absolute atomic E-state index is 12.8. The van der Waals surface area contributed by atoms with Crippen molar-refractivity contribution in [1.29, 1.82) is 0 Å². The van der Waals surface area contributed by atoms with Crippen LogP contribution in [0.15, 0.2) is 24.3 Å². The number of amides is 1. The molecule has 1 aromatic carbocycles. The van der Waals surface area contributed by atoms with Gasteiger partial charge in [0.15, 0.2) is 0 Å². The maximum atomic E-state index is 12.8. The van der Waals surface area contributed by atoms with Crippen molar-refractivity contribution in [3.8, 4) is 0 Å². The molecule has 0 unspecified atom stereocenters. The van der Waals surface area contributed by atoms with Crippen LogP contribution in [0, 0.1) is 5.92 Å². The fourth-order valence-electron chi connectivity index (χ4n) is 4.41. The summed E-state index contributed by atoms with van der Waals surface area (Å²) < 4.78 is 31.7. The molecule has 1 saturated carbocycles. The fraction of sp³-hybridized carbons (Fsp3) is 0.600. The van der Waals surface area contributed by atoms with Crippen LogP contribution in [-0.2, 0) is 16.1 Å². The molecule has 2 aliphatic heterocycles. The predicted octanol–water partition coefficient (Wildman–Crippen LogP) is 3.30. The van der Waals surface area contributed by atoms with E-state index in [0.717, 1.165) is 32.5 Å². The van der Waals surface area contributed by atoms with Gasteiger partial charge in [0.25, 0.3) is 0 Å². The third-order valence-corrected chi connectivity index (χ3v) is 5.84. The molecule has 28 heavy (non-hydrogen) atoms. The zero-order valence-electron chi connectivity index (χ0n) is 15.5. The van der Waals surface area contributed by atoms with E-state index in [0.29, 0.717) is 23.8 Å². The van der Waals surface area contributed by atoms with E-state index in [1.54, 1.807) is 0 Å². The normalized spacial score (nSPS) is 24.6. The van der Waals surface area contributed by atoms with Gasteiger partial charge in [0.1, 0.15) is 0 Å². The van der Waals surface area contributed by atoms with E-state index in [1.165, 1.54) is 30.4 Å². The standard InChI is InChI=1S/C18H24N2O.C2HF3O2/c21-18(13-6-2-1-3-7-13)20-11-16-15-9-5-4-8-14(15)10-19-17(16)12-20;3-2(4,5)1(6)7/h4-5,8-9,13,16-17,19H,1-3,6-7,10-12H2;(H,6,7)/t16-,17-;/m0./s1. The summed E-state index contributed by atoms with van der Waals surface area (Å²) >= 11 is 0. The molecular weight excluding hydrogens is 373 g/mol. The number of fused-ring (bicyclic) bond motifs is 3. The van der Waals surface area contributed by atoms with Gasteiger partial charge in [-0.2, -0.15) is 13.2 Å². The van der Waals surface area contributed by atoms with Crippen LogP contribution in [0.4, 0.5) is 13.2 Å². The minimum absolute atomic E-state index is 0.300. The Balaban J connectivity index is 0.000000279. The topological polar surface area (TPSA) is 69.6 Å². The number of hydrogen-bond acceptors (Lipinski definition) is 3. The molecule has 1 aliphatic carbocycles. The molecule has 0 bridgehead atoms. The van der Waals surface area contributed by atoms with Crippen LogP contribution in [0.5, 0.6) is 0 Å². The first kappa shape index (κ1) is 20.6. The van der Waals surface area contributed by atoms with Crippen molar-refractivity contribution in [2.45, 2.75) is 56.8 Å². The highest BCUT2D eigenvalue weighted by atomic mass is 19.4. The summed E-state index contributed by atoms with van der Waals surface area (Å²) in [6, 6.07) is 9.16. The first-order valence-corrected chi connectivity index (χ1v) is 9.67. The second kappa shape index (κ2) is 8.51. The lowest BCUT2D eigenvalue weighted by atomic mass is 9.87.